The maximum atomic E-state index is 11.8. The lowest BCUT2D eigenvalue weighted by molar-refractivity contribution is -0.121. The molecule has 1 saturated carbocycles. The quantitative estimate of drug-likeness (QED) is 0.709. The summed E-state index contributed by atoms with van der Waals surface area (Å²) in [6.45, 7) is 1.11. The summed E-state index contributed by atoms with van der Waals surface area (Å²) in [5, 5.41) is 2.93. The zero-order chi connectivity index (χ0) is 16.8. The third-order valence-corrected chi connectivity index (χ3v) is 4.28. The van der Waals surface area contributed by atoms with Gasteiger partial charge in [0.1, 0.15) is 5.75 Å². The zero-order valence-corrected chi connectivity index (χ0v) is 15.0. The molecular formula is C20H25ClN2O2. The minimum atomic E-state index is 0. The Balaban J connectivity index is 0.00000225. The van der Waals surface area contributed by atoms with Gasteiger partial charge in [-0.15, -0.1) is 12.4 Å². The van der Waals surface area contributed by atoms with Crippen LogP contribution >= 0.6 is 12.4 Å². The predicted molar refractivity (Wildman–Crippen MR) is 102 cm³/mol. The molecule has 1 aliphatic rings. The first-order chi connectivity index (χ1) is 11.7. The van der Waals surface area contributed by atoms with Gasteiger partial charge in [0.2, 0.25) is 5.91 Å². The lowest BCUT2D eigenvalue weighted by Crippen LogP contribution is -2.22. The van der Waals surface area contributed by atoms with Crippen LogP contribution in [0.2, 0.25) is 0 Å². The van der Waals surface area contributed by atoms with Gasteiger partial charge in [0.25, 0.3) is 0 Å². The van der Waals surface area contributed by atoms with Gasteiger partial charge in [-0.1, -0.05) is 42.5 Å². The molecule has 1 aliphatic carbocycles. The van der Waals surface area contributed by atoms with Crippen molar-refractivity contribution in [2.24, 2.45) is 5.73 Å². The fourth-order valence-corrected chi connectivity index (χ4v) is 2.74. The van der Waals surface area contributed by atoms with Crippen molar-refractivity contribution in [2.45, 2.75) is 37.8 Å². The van der Waals surface area contributed by atoms with Gasteiger partial charge in [-0.2, -0.15) is 0 Å². The number of nitrogens with one attached hydrogen (secondary N) is 1. The third-order valence-electron chi connectivity index (χ3n) is 4.28. The number of nitrogens with two attached hydrogens (primary N) is 1. The average molecular weight is 361 g/mol. The second-order valence-electron chi connectivity index (χ2n) is 6.29. The molecule has 0 bridgehead atoms. The van der Waals surface area contributed by atoms with Gasteiger partial charge in [-0.05, 0) is 36.1 Å². The van der Waals surface area contributed by atoms with Gasteiger partial charge in [0.05, 0.1) is 6.61 Å². The number of benzene rings is 2. The molecule has 1 fully saturated rings. The van der Waals surface area contributed by atoms with Gasteiger partial charge in [-0.25, -0.2) is 0 Å². The van der Waals surface area contributed by atoms with Crippen molar-refractivity contribution < 1.29 is 9.53 Å². The Labute approximate surface area is 155 Å². The lowest BCUT2D eigenvalue weighted by Gasteiger charge is -2.08. The fourth-order valence-electron chi connectivity index (χ4n) is 2.74. The minimum absolute atomic E-state index is 0. The molecule has 0 radical (unpaired) electrons. The van der Waals surface area contributed by atoms with Crippen LogP contribution in [0.5, 0.6) is 5.75 Å². The van der Waals surface area contributed by atoms with Gasteiger partial charge in [0, 0.05) is 24.9 Å². The SMILES string of the molecule is Cl.NC1CC1c1cccc(OCCCC(=O)NCc2ccccc2)c1. The number of hydrogen-bond acceptors (Lipinski definition) is 3. The molecular weight excluding hydrogens is 336 g/mol. The monoisotopic (exact) mass is 360 g/mol. The molecule has 0 saturated heterocycles. The number of amides is 1. The van der Waals surface area contributed by atoms with Crippen LogP contribution in [0, 0.1) is 0 Å². The number of carbonyl (C=O) groups is 1. The van der Waals surface area contributed by atoms with Gasteiger partial charge in [-0.3, -0.25) is 4.79 Å². The van der Waals surface area contributed by atoms with Crippen molar-refractivity contribution >= 4 is 18.3 Å². The van der Waals surface area contributed by atoms with Crippen molar-refractivity contribution in [3.05, 3.63) is 65.7 Å². The number of halogens is 1. The van der Waals surface area contributed by atoms with Crippen LogP contribution in [0.1, 0.15) is 36.3 Å². The summed E-state index contributed by atoms with van der Waals surface area (Å²) in [5.74, 6) is 1.40. The van der Waals surface area contributed by atoms with E-state index in [1.54, 1.807) is 0 Å². The molecule has 0 aliphatic heterocycles. The molecule has 0 heterocycles. The number of rotatable bonds is 8. The molecule has 134 valence electrons. The topological polar surface area (TPSA) is 64.3 Å². The van der Waals surface area contributed by atoms with E-state index in [1.165, 1.54) is 5.56 Å². The number of carbonyl (C=O) groups excluding carboxylic acids is 1. The molecule has 2 unspecified atom stereocenters. The third kappa shape index (κ3) is 6.07. The van der Waals surface area contributed by atoms with E-state index >= 15 is 0 Å². The fraction of sp³-hybridized carbons (Fsp3) is 0.350. The van der Waals surface area contributed by atoms with Crippen LogP contribution in [0.4, 0.5) is 0 Å². The van der Waals surface area contributed by atoms with E-state index in [2.05, 4.69) is 17.4 Å². The van der Waals surface area contributed by atoms with Crippen LogP contribution in [0.3, 0.4) is 0 Å². The van der Waals surface area contributed by atoms with E-state index in [0.29, 0.717) is 38.0 Å². The lowest BCUT2D eigenvalue weighted by atomic mass is 10.1. The Bertz CT molecular complexity index is 678. The normalized spacial score (nSPS) is 18.1. The van der Waals surface area contributed by atoms with Crippen LogP contribution in [-0.4, -0.2) is 18.6 Å². The standard InChI is InChI=1S/C20H24N2O2.ClH/c21-19-13-18(19)16-8-4-9-17(12-16)24-11-5-10-20(23)22-14-15-6-2-1-3-7-15;/h1-4,6-9,12,18-19H,5,10-11,13-14,21H2,(H,22,23);1H. The predicted octanol–water partition coefficient (Wildman–Crippen LogP) is 3.40. The van der Waals surface area contributed by atoms with E-state index in [0.717, 1.165) is 17.7 Å². The van der Waals surface area contributed by atoms with Gasteiger partial charge < -0.3 is 15.8 Å². The molecule has 0 spiro atoms. The maximum Gasteiger partial charge on any atom is 0.220 e. The van der Waals surface area contributed by atoms with E-state index in [1.807, 2.05) is 42.5 Å². The summed E-state index contributed by atoms with van der Waals surface area (Å²) in [6, 6.07) is 18.3. The van der Waals surface area contributed by atoms with Gasteiger partial charge >= 0.3 is 0 Å². The highest BCUT2D eigenvalue weighted by Gasteiger charge is 2.34. The highest BCUT2D eigenvalue weighted by atomic mass is 35.5. The van der Waals surface area contributed by atoms with Crippen LogP contribution in [-0.2, 0) is 11.3 Å². The Morgan fingerprint density at radius 3 is 2.64 bits per heavy atom. The summed E-state index contributed by atoms with van der Waals surface area (Å²) in [7, 11) is 0. The molecule has 2 aromatic rings. The molecule has 0 aromatic heterocycles. The Kier molecular flexibility index (Phi) is 7.29. The molecule has 4 nitrogen and oxygen atoms in total. The largest absolute Gasteiger partial charge is 0.494 e. The molecule has 25 heavy (non-hydrogen) atoms. The van der Waals surface area contributed by atoms with E-state index < -0.39 is 0 Å². The first kappa shape index (κ1) is 19.3. The van der Waals surface area contributed by atoms with E-state index in [9.17, 15) is 4.79 Å². The molecule has 3 N–H and O–H groups in total. The zero-order valence-electron chi connectivity index (χ0n) is 14.2. The average Bonchev–Trinajstić information content (AvgIpc) is 3.35. The summed E-state index contributed by atoms with van der Waals surface area (Å²) < 4.78 is 5.75. The van der Waals surface area contributed by atoms with Crippen molar-refractivity contribution in [2.75, 3.05) is 6.61 Å². The van der Waals surface area contributed by atoms with E-state index in [-0.39, 0.29) is 18.3 Å². The smallest absolute Gasteiger partial charge is 0.220 e. The molecule has 2 atom stereocenters. The van der Waals surface area contributed by atoms with Crippen molar-refractivity contribution in [1.29, 1.82) is 0 Å². The number of ether oxygens (including phenoxy) is 1. The van der Waals surface area contributed by atoms with Crippen LogP contribution in [0.15, 0.2) is 54.6 Å². The summed E-state index contributed by atoms with van der Waals surface area (Å²) in [6.07, 6.45) is 2.23. The Morgan fingerprint density at radius 1 is 1.16 bits per heavy atom. The van der Waals surface area contributed by atoms with Gasteiger partial charge in [0.15, 0.2) is 0 Å². The summed E-state index contributed by atoms with van der Waals surface area (Å²) >= 11 is 0. The second-order valence-corrected chi connectivity index (χ2v) is 6.29. The first-order valence-corrected chi connectivity index (χ1v) is 8.51. The second kappa shape index (κ2) is 9.44. The number of hydrogen-bond donors (Lipinski definition) is 2. The van der Waals surface area contributed by atoms with Crippen molar-refractivity contribution in [3.63, 3.8) is 0 Å². The minimum Gasteiger partial charge on any atom is -0.494 e. The highest BCUT2D eigenvalue weighted by molar-refractivity contribution is 5.85. The molecule has 3 rings (SSSR count). The Morgan fingerprint density at radius 2 is 1.92 bits per heavy atom. The summed E-state index contributed by atoms with van der Waals surface area (Å²) in [5.41, 5.74) is 8.25. The highest BCUT2D eigenvalue weighted by Crippen LogP contribution is 2.39. The maximum absolute atomic E-state index is 11.8. The van der Waals surface area contributed by atoms with Crippen LogP contribution in [0.25, 0.3) is 0 Å². The van der Waals surface area contributed by atoms with E-state index in [4.69, 9.17) is 10.5 Å². The van der Waals surface area contributed by atoms with Crippen molar-refractivity contribution in [3.8, 4) is 5.75 Å². The molecule has 2 aromatic carbocycles. The van der Waals surface area contributed by atoms with Crippen molar-refractivity contribution in [1.82, 2.24) is 5.32 Å². The first-order valence-electron chi connectivity index (χ1n) is 8.51. The Hall–Kier alpha value is -2.04. The molecule has 5 heteroatoms. The van der Waals surface area contributed by atoms with Crippen LogP contribution < -0.4 is 15.8 Å². The summed E-state index contributed by atoms with van der Waals surface area (Å²) in [4.78, 5) is 11.8. The molecule has 1 amide bonds.